The minimum atomic E-state index is -0.659. The fourth-order valence-corrected chi connectivity index (χ4v) is 3.08. The Labute approximate surface area is 150 Å². The van der Waals surface area contributed by atoms with E-state index in [9.17, 15) is 14.4 Å². The Kier molecular flexibility index (Phi) is 4.86. The summed E-state index contributed by atoms with van der Waals surface area (Å²) in [5.74, 6) is -1.55. The molecule has 5 nitrogen and oxygen atoms in total. The van der Waals surface area contributed by atoms with E-state index in [-0.39, 0.29) is 6.42 Å². The average molecular weight is 358 g/mol. The van der Waals surface area contributed by atoms with Gasteiger partial charge in [0.15, 0.2) is 0 Å². The molecule has 1 atom stereocenters. The van der Waals surface area contributed by atoms with Gasteiger partial charge in [-0.05, 0) is 24.6 Å². The molecule has 0 aliphatic carbocycles. The summed E-state index contributed by atoms with van der Waals surface area (Å²) < 4.78 is 5.34. The van der Waals surface area contributed by atoms with Crippen molar-refractivity contribution in [3.05, 3.63) is 70.2 Å². The van der Waals surface area contributed by atoms with Gasteiger partial charge in [0, 0.05) is 16.1 Å². The highest BCUT2D eigenvalue weighted by atomic mass is 35.5. The Morgan fingerprint density at radius 2 is 1.84 bits per heavy atom. The number of imide groups is 1. The highest BCUT2D eigenvalue weighted by Gasteiger charge is 2.32. The maximum Gasteiger partial charge on any atom is 0.326 e. The van der Waals surface area contributed by atoms with Crippen molar-refractivity contribution in [3.8, 4) is 0 Å². The molecule has 0 aromatic heterocycles. The lowest BCUT2D eigenvalue weighted by atomic mass is 9.98. The molecule has 0 saturated carbocycles. The van der Waals surface area contributed by atoms with E-state index < -0.39 is 30.4 Å². The van der Waals surface area contributed by atoms with E-state index in [4.69, 9.17) is 16.3 Å². The predicted molar refractivity (Wildman–Crippen MR) is 92.1 cm³/mol. The predicted octanol–water partition coefficient (Wildman–Crippen LogP) is 3.17. The maximum atomic E-state index is 12.4. The van der Waals surface area contributed by atoms with Crippen molar-refractivity contribution in [2.75, 3.05) is 6.54 Å². The van der Waals surface area contributed by atoms with Crippen molar-refractivity contribution in [2.24, 2.45) is 0 Å². The molecule has 1 aliphatic heterocycles. The lowest BCUT2D eigenvalue weighted by Gasteiger charge is -2.26. The maximum absolute atomic E-state index is 12.4. The summed E-state index contributed by atoms with van der Waals surface area (Å²) in [7, 11) is 0. The zero-order valence-electron chi connectivity index (χ0n) is 13.6. The third-order valence-corrected chi connectivity index (χ3v) is 4.42. The second-order valence-electron chi connectivity index (χ2n) is 5.77. The van der Waals surface area contributed by atoms with E-state index in [1.165, 1.54) is 0 Å². The summed E-state index contributed by atoms with van der Waals surface area (Å²) >= 11 is 6.09. The smallest absolute Gasteiger partial charge is 0.326 e. The molecule has 0 fully saturated rings. The van der Waals surface area contributed by atoms with Crippen molar-refractivity contribution < 1.29 is 19.1 Å². The quantitative estimate of drug-likeness (QED) is 0.622. The van der Waals surface area contributed by atoms with Gasteiger partial charge < -0.3 is 4.74 Å². The number of esters is 1. The van der Waals surface area contributed by atoms with Crippen LogP contribution in [0.25, 0.3) is 0 Å². The molecule has 0 saturated heterocycles. The molecule has 1 heterocycles. The standard InChI is InChI=1S/C19H16ClNO4/c1-12(14-7-4-5-9-16(14)20)25-18(23)11-21-17(22)10-13-6-2-3-8-15(13)19(21)24/h2-9,12H,10-11H2,1H3/t12-/m1/s1. The average Bonchev–Trinajstić information content (AvgIpc) is 2.59. The van der Waals surface area contributed by atoms with E-state index >= 15 is 0 Å². The molecule has 2 amide bonds. The number of rotatable bonds is 4. The van der Waals surface area contributed by atoms with Crippen molar-refractivity contribution >= 4 is 29.4 Å². The zero-order chi connectivity index (χ0) is 18.0. The van der Waals surface area contributed by atoms with Crippen LogP contribution in [0.3, 0.4) is 0 Å². The lowest BCUT2D eigenvalue weighted by Crippen LogP contribution is -2.45. The number of benzene rings is 2. The fourth-order valence-electron chi connectivity index (χ4n) is 2.79. The number of hydrogen-bond acceptors (Lipinski definition) is 4. The van der Waals surface area contributed by atoms with Crippen molar-refractivity contribution in [1.82, 2.24) is 4.90 Å². The molecule has 0 unspecified atom stereocenters. The number of nitrogens with zero attached hydrogens (tertiary/aromatic N) is 1. The summed E-state index contributed by atoms with van der Waals surface area (Å²) in [5.41, 5.74) is 1.78. The third kappa shape index (κ3) is 3.56. The second kappa shape index (κ2) is 7.07. The number of carbonyl (C=O) groups is 3. The highest BCUT2D eigenvalue weighted by Crippen LogP contribution is 2.25. The molecule has 0 bridgehead atoms. The zero-order valence-corrected chi connectivity index (χ0v) is 14.3. The molecule has 0 N–H and O–H groups in total. The van der Waals surface area contributed by atoms with Crippen LogP contribution in [-0.2, 0) is 20.7 Å². The van der Waals surface area contributed by atoms with Crippen LogP contribution in [0.1, 0.15) is 34.5 Å². The summed E-state index contributed by atoms with van der Waals surface area (Å²) in [6.07, 6.45) is -0.488. The van der Waals surface area contributed by atoms with E-state index in [0.29, 0.717) is 21.7 Å². The van der Waals surface area contributed by atoms with Gasteiger partial charge >= 0.3 is 5.97 Å². The Morgan fingerprint density at radius 3 is 2.60 bits per heavy atom. The first-order valence-corrected chi connectivity index (χ1v) is 8.21. The van der Waals surface area contributed by atoms with Gasteiger partial charge in [0.1, 0.15) is 12.6 Å². The molecule has 2 aromatic rings. The largest absolute Gasteiger partial charge is 0.456 e. The van der Waals surface area contributed by atoms with Crippen LogP contribution < -0.4 is 0 Å². The first-order valence-electron chi connectivity index (χ1n) is 7.84. The third-order valence-electron chi connectivity index (χ3n) is 4.07. The van der Waals surface area contributed by atoms with Gasteiger partial charge in [0.25, 0.3) is 5.91 Å². The Hall–Kier alpha value is -2.66. The number of halogens is 1. The first kappa shape index (κ1) is 17.2. The number of carbonyl (C=O) groups excluding carboxylic acids is 3. The molecular formula is C19H16ClNO4. The summed E-state index contributed by atoms with van der Waals surface area (Å²) in [6.45, 7) is 1.27. The van der Waals surface area contributed by atoms with Crippen LogP contribution in [0.5, 0.6) is 0 Å². The number of amides is 2. The molecule has 128 valence electrons. The molecule has 3 rings (SSSR count). The highest BCUT2D eigenvalue weighted by molar-refractivity contribution is 6.31. The number of fused-ring (bicyclic) bond motifs is 1. The van der Waals surface area contributed by atoms with Gasteiger partial charge in [0.2, 0.25) is 5.91 Å². The lowest BCUT2D eigenvalue weighted by molar-refractivity contribution is -0.152. The summed E-state index contributed by atoms with van der Waals surface area (Å²) in [6, 6.07) is 13.9. The van der Waals surface area contributed by atoms with E-state index in [1.54, 1.807) is 55.5 Å². The molecule has 0 radical (unpaired) electrons. The monoisotopic (exact) mass is 357 g/mol. The fraction of sp³-hybridized carbons (Fsp3) is 0.211. The first-order chi connectivity index (χ1) is 12.0. The van der Waals surface area contributed by atoms with Crippen molar-refractivity contribution in [2.45, 2.75) is 19.4 Å². The Bertz CT molecular complexity index is 849. The number of hydrogen-bond donors (Lipinski definition) is 0. The Morgan fingerprint density at radius 1 is 1.16 bits per heavy atom. The summed E-state index contributed by atoms with van der Waals surface area (Å²) in [4.78, 5) is 37.8. The van der Waals surface area contributed by atoms with Crippen molar-refractivity contribution in [1.29, 1.82) is 0 Å². The van der Waals surface area contributed by atoms with Gasteiger partial charge in [-0.3, -0.25) is 19.3 Å². The second-order valence-corrected chi connectivity index (χ2v) is 6.18. The van der Waals surface area contributed by atoms with Gasteiger partial charge in [-0.25, -0.2) is 0 Å². The van der Waals surface area contributed by atoms with Gasteiger partial charge in [-0.15, -0.1) is 0 Å². The van der Waals surface area contributed by atoms with Gasteiger partial charge in [-0.2, -0.15) is 0 Å². The SMILES string of the molecule is C[C@@H](OC(=O)CN1C(=O)Cc2ccccc2C1=O)c1ccccc1Cl. The molecular weight excluding hydrogens is 342 g/mol. The van der Waals surface area contributed by atoms with Gasteiger partial charge in [0.05, 0.1) is 6.42 Å². The topological polar surface area (TPSA) is 63.7 Å². The Balaban J connectivity index is 1.70. The van der Waals surface area contributed by atoms with Crippen molar-refractivity contribution in [3.63, 3.8) is 0 Å². The molecule has 25 heavy (non-hydrogen) atoms. The van der Waals surface area contributed by atoms with Crippen LogP contribution >= 0.6 is 11.6 Å². The van der Waals surface area contributed by atoms with Gasteiger partial charge in [-0.1, -0.05) is 48.0 Å². The normalized spacial score (nSPS) is 14.9. The van der Waals surface area contributed by atoms with Crippen LogP contribution in [0.2, 0.25) is 5.02 Å². The molecule has 2 aromatic carbocycles. The number of ether oxygens (including phenoxy) is 1. The molecule has 6 heteroatoms. The van der Waals surface area contributed by atoms with E-state index in [1.807, 2.05) is 0 Å². The van der Waals surface area contributed by atoms with E-state index in [0.717, 1.165) is 4.90 Å². The van der Waals surface area contributed by atoms with Crippen LogP contribution in [0.15, 0.2) is 48.5 Å². The van der Waals surface area contributed by atoms with Crippen LogP contribution in [0, 0.1) is 0 Å². The van der Waals surface area contributed by atoms with Crippen LogP contribution in [-0.4, -0.2) is 29.2 Å². The minimum Gasteiger partial charge on any atom is -0.456 e. The van der Waals surface area contributed by atoms with E-state index in [2.05, 4.69) is 0 Å². The van der Waals surface area contributed by atoms with Crippen LogP contribution in [0.4, 0.5) is 0 Å². The molecule has 1 aliphatic rings. The minimum absolute atomic E-state index is 0.0925. The molecule has 0 spiro atoms. The summed E-state index contributed by atoms with van der Waals surface area (Å²) in [5, 5.41) is 0.488.